The first-order chi connectivity index (χ1) is 6.16. The van der Waals surface area contributed by atoms with Gasteiger partial charge >= 0.3 is 0 Å². The molecular weight excluding hydrogens is 198 g/mol. The van der Waals surface area contributed by atoms with Crippen molar-refractivity contribution >= 4 is 18.1 Å². The number of hydrogen-bond donors (Lipinski definition) is 2. The maximum atomic E-state index is 9.82. The van der Waals surface area contributed by atoms with Gasteiger partial charge in [-0.3, -0.25) is 0 Å². The Bertz CT molecular complexity index is 327. The summed E-state index contributed by atoms with van der Waals surface area (Å²) >= 11 is 0. The van der Waals surface area contributed by atoms with E-state index in [-0.39, 0.29) is 18.5 Å². The lowest BCUT2D eigenvalue weighted by atomic mass is 9.95. The molecule has 1 aliphatic rings. The predicted octanol–water partition coefficient (Wildman–Crippen LogP) is 2.65. The van der Waals surface area contributed by atoms with Crippen molar-refractivity contribution in [1.29, 1.82) is 0 Å². The fourth-order valence-electron chi connectivity index (χ4n) is 1.88. The number of aliphatic hydroxyl groups is 1. The first-order valence-electron chi connectivity index (χ1n) is 4.72. The molecule has 2 unspecified atom stereocenters. The summed E-state index contributed by atoms with van der Waals surface area (Å²) < 4.78 is 0. The molecule has 0 saturated heterocycles. The lowest BCUT2D eigenvalue weighted by Crippen LogP contribution is -2.25. The van der Waals surface area contributed by atoms with E-state index in [1.807, 2.05) is 13.0 Å². The highest BCUT2D eigenvalue weighted by atomic mass is 35.5. The molecule has 2 N–H and O–H groups in total. The third kappa shape index (κ3) is 2.02. The van der Waals surface area contributed by atoms with Gasteiger partial charge in [-0.15, -0.1) is 12.4 Å². The van der Waals surface area contributed by atoms with Crippen LogP contribution < -0.4 is 5.32 Å². The summed E-state index contributed by atoms with van der Waals surface area (Å²) in [6.45, 7) is 4.14. The van der Waals surface area contributed by atoms with Gasteiger partial charge in [-0.25, -0.2) is 0 Å². The molecule has 0 amide bonds. The molecule has 0 aromatic heterocycles. The SMILES string of the molecule is Cc1ccc2c(c1)C(O)CC(C)N2.Cl. The van der Waals surface area contributed by atoms with Crippen LogP contribution >= 0.6 is 12.4 Å². The molecule has 78 valence electrons. The molecule has 2 rings (SSSR count). The Balaban J connectivity index is 0.000000980. The molecule has 1 aromatic rings. The van der Waals surface area contributed by atoms with Crippen molar-refractivity contribution in [2.45, 2.75) is 32.4 Å². The zero-order chi connectivity index (χ0) is 9.42. The minimum Gasteiger partial charge on any atom is -0.388 e. The van der Waals surface area contributed by atoms with Crippen molar-refractivity contribution in [2.75, 3.05) is 5.32 Å². The van der Waals surface area contributed by atoms with Gasteiger partial charge in [0.2, 0.25) is 0 Å². The van der Waals surface area contributed by atoms with Gasteiger partial charge in [0, 0.05) is 17.3 Å². The summed E-state index contributed by atoms with van der Waals surface area (Å²) in [4.78, 5) is 0. The molecule has 2 atom stereocenters. The summed E-state index contributed by atoms with van der Waals surface area (Å²) in [5, 5.41) is 13.2. The number of nitrogens with one attached hydrogen (secondary N) is 1. The van der Waals surface area contributed by atoms with E-state index in [4.69, 9.17) is 0 Å². The molecule has 0 radical (unpaired) electrons. The van der Waals surface area contributed by atoms with Crippen LogP contribution in [0.2, 0.25) is 0 Å². The Morgan fingerprint density at radius 1 is 1.43 bits per heavy atom. The van der Waals surface area contributed by atoms with Crippen LogP contribution in [0.15, 0.2) is 18.2 Å². The average Bonchev–Trinajstić information content (AvgIpc) is 2.06. The van der Waals surface area contributed by atoms with Gasteiger partial charge in [0.15, 0.2) is 0 Å². The lowest BCUT2D eigenvalue weighted by molar-refractivity contribution is 0.158. The van der Waals surface area contributed by atoms with E-state index in [1.54, 1.807) is 0 Å². The van der Waals surface area contributed by atoms with Crippen LogP contribution in [0.25, 0.3) is 0 Å². The van der Waals surface area contributed by atoms with E-state index in [0.717, 1.165) is 17.7 Å². The highest BCUT2D eigenvalue weighted by Crippen LogP contribution is 2.32. The Morgan fingerprint density at radius 2 is 2.14 bits per heavy atom. The maximum Gasteiger partial charge on any atom is 0.0829 e. The monoisotopic (exact) mass is 213 g/mol. The fourth-order valence-corrected chi connectivity index (χ4v) is 1.88. The van der Waals surface area contributed by atoms with Gasteiger partial charge in [-0.1, -0.05) is 17.7 Å². The number of aliphatic hydroxyl groups excluding tert-OH is 1. The predicted molar refractivity (Wildman–Crippen MR) is 61.1 cm³/mol. The number of aryl methyl sites for hydroxylation is 1. The Labute approximate surface area is 90.7 Å². The molecule has 3 heteroatoms. The summed E-state index contributed by atoms with van der Waals surface area (Å²) in [7, 11) is 0. The van der Waals surface area contributed by atoms with Crippen LogP contribution in [0, 0.1) is 6.92 Å². The average molecular weight is 214 g/mol. The first kappa shape index (κ1) is 11.3. The van der Waals surface area contributed by atoms with Gasteiger partial charge in [0.1, 0.15) is 0 Å². The van der Waals surface area contributed by atoms with Gasteiger partial charge in [0.25, 0.3) is 0 Å². The van der Waals surface area contributed by atoms with Crippen LogP contribution in [0.1, 0.15) is 30.6 Å². The van der Waals surface area contributed by atoms with E-state index in [9.17, 15) is 5.11 Å². The van der Waals surface area contributed by atoms with Crippen LogP contribution in [0.3, 0.4) is 0 Å². The normalized spacial score (nSPS) is 24.5. The van der Waals surface area contributed by atoms with E-state index in [2.05, 4.69) is 24.4 Å². The number of rotatable bonds is 0. The Morgan fingerprint density at radius 3 is 2.86 bits per heavy atom. The highest BCUT2D eigenvalue weighted by Gasteiger charge is 2.21. The van der Waals surface area contributed by atoms with E-state index >= 15 is 0 Å². The van der Waals surface area contributed by atoms with Crippen molar-refractivity contribution in [1.82, 2.24) is 0 Å². The molecule has 1 aromatic carbocycles. The van der Waals surface area contributed by atoms with Crippen LogP contribution in [0.4, 0.5) is 5.69 Å². The van der Waals surface area contributed by atoms with Crippen molar-refractivity contribution in [3.05, 3.63) is 29.3 Å². The summed E-state index contributed by atoms with van der Waals surface area (Å²) in [6, 6.07) is 6.53. The zero-order valence-electron chi connectivity index (χ0n) is 8.45. The second-order valence-corrected chi connectivity index (χ2v) is 3.89. The zero-order valence-corrected chi connectivity index (χ0v) is 9.27. The number of halogens is 1. The van der Waals surface area contributed by atoms with Crippen molar-refractivity contribution in [2.24, 2.45) is 0 Å². The molecule has 0 fully saturated rings. The van der Waals surface area contributed by atoms with Gasteiger partial charge in [-0.2, -0.15) is 0 Å². The maximum absolute atomic E-state index is 9.82. The largest absolute Gasteiger partial charge is 0.388 e. The van der Waals surface area contributed by atoms with Crippen molar-refractivity contribution < 1.29 is 5.11 Å². The second kappa shape index (κ2) is 4.20. The molecule has 0 bridgehead atoms. The minimum atomic E-state index is -0.300. The number of anilines is 1. The fraction of sp³-hybridized carbons (Fsp3) is 0.455. The summed E-state index contributed by atoms with van der Waals surface area (Å²) in [6.07, 6.45) is 0.502. The Kier molecular flexibility index (Phi) is 3.40. The standard InChI is InChI=1S/C11H15NO.ClH/c1-7-3-4-10-9(5-7)11(13)6-8(2)12-10;/h3-5,8,11-13H,6H2,1-2H3;1H. The molecular formula is C11H16ClNO. The van der Waals surface area contributed by atoms with E-state index in [1.165, 1.54) is 5.56 Å². The first-order valence-corrected chi connectivity index (χ1v) is 4.72. The van der Waals surface area contributed by atoms with E-state index in [0.29, 0.717) is 6.04 Å². The molecule has 0 spiro atoms. The number of benzene rings is 1. The highest BCUT2D eigenvalue weighted by molar-refractivity contribution is 5.85. The van der Waals surface area contributed by atoms with Crippen LogP contribution in [-0.2, 0) is 0 Å². The lowest BCUT2D eigenvalue weighted by Gasteiger charge is -2.28. The third-order valence-electron chi connectivity index (χ3n) is 2.54. The van der Waals surface area contributed by atoms with Gasteiger partial charge in [0.05, 0.1) is 6.10 Å². The summed E-state index contributed by atoms with van der Waals surface area (Å²) in [5.41, 5.74) is 3.32. The quantitative estimate of drug-likeness (QED) is 0.695. The topological polar surface area (TPSA) is 32.3 Å². The molecule has 0 saturated carbocycles. The molecule has 1 heterocycles. The molecule has 1 aliphatic heterocycles. The number of hydrogen-bond acceptors (Lipinski definition) is 2. The van der Waals surface area contributed by atoms with Crippen molar-refractivity contribution in [3.8, 4) is 0 Å². The smallest absolute Gasteiger partial charge is 0.0829 e. The van der Waals surface area contributed by atoms with E-state index < -0.39 is 0 Å². The molecule has 0 aliphatic carbocycles. The molecule has 14 heavy (non-hydrogen) atoms. The van der Waals surface area contributed by atoms with Gasteiger partial charge in [-0.05, 0) is 26.3 Å². The van der Waals surface area contributed by atoms with Crippen LogP contribution in [0.5, 0.6) is 0 Å². The Hall–Kier alpha value is -0.730. The van der Waals surface area contributed by atoms with Crippen LogP contribution in [-0.4, -0.2) is 11.1 Å². The minimum absolute atomic E-state index is 0. The summed E-state index contributed by atoms with van der Waals surface area (Å²) in [5.74, 6) is 0. The van der Waals surface area contributed by atoms with Gasteiger partial charge < -0.3 is 10.4 Å². The van der Waals surface area contributed by atoms with Crippen molar-refractivity contribution in [3.63, 3.8) is 0 Å². The third-order valence-corrected chi connectivity index (χ3v) is 2.54. The number of fused-ring (bicyclic) bond motifs is 1. The molecule has 2 nitrogen and oxygen atoms in total. The second-order valence-electron chi connectivity index (χ2n) is 3.89.